The molecule has 0 radical (unpaired) electrons. The largest absolute Gasteiger partial charge is 0.456 e. The molecule has 1 aliphatic heterocycles. The molecule has 6 N–H and O–H groups in total. The van der Waals surface area contributed by atoms with Crippen molar-refractivity contribution in [2.45, 2.75) is 153 Å². The maximum Gasteiger partial charge on any atom is 0.173 e. The SMILES string of the molecule is C[Si](C)(C)CC[Si](C)(C)O[Si](C)(C)CCCOCC(O)CNCCOCCOCCO.C[Si](C)(C)CC[Si](C)(C)O[Si](C)(C)CCCOCC1CO1.NCCOCCOCCO. The van der Waals surface area contributed by atoms with Crippen LogP contribution in [0.4, 0.5) is 0 Å². The first-order valence-corrected chi connectivity index (χ1v) is 43.4. The van der Waals surface area contributed by atoms with E-state index in [1.54, 1.807) is 0 Å². The first kappa shape index (κ1) is 64.8. The molecule has 0 aromatic rings. The molecule has 1 aliphatic rings. The van der Waals surface area contributed by atoms with Gasteiger partial charge in [-0.25, -0.2) is 0 Å². The molecule has 1 rings (SSSR count). The number of ether oxygens (including phenoxy) is 7. The van der Waals surface area contributed by atoms with Gasteiger partial charge >= 0.3 is 0 Å². The normalized spacial score (nSPS) is 15.5. The number of nitrogens with one attached hydrogen (secondary N) is 1. The van der Waals surface area contributed by atoms with Gasteiger partial charge in [0.25, 0.3) is 0 Å². The number of aliphatic hydroxyl groups is 3. The minimum absolute atomic E-state index is 0.0353. The smallest absolute Gasteiger partial charge is 0.173 e. The van der Waals surface area contributed by atoms with Crippen molar-refractivity contribution in [2.24, 2.45) is 5.73 Å². The third-order valence-electron chi connectivity index (χ3n) is 9.49. The zero-order valence-corrected chi connectivity index (χ0v) is 48.6. The second-order valence-corrected chi connectivity index (χ2v) is 50.2. The van der Waals surface area contributed by atoms with E-state index in [1.807, 2.05) is 0 Å². The standard InChI is InChI=1S/C21H51NO6Si3.C15H36O3Si3.C6H15NO3/c1-29(2,3)17-18-31(6,7)28-30(4,5)16-8-11-27-20-21(24)19-22-9-12-25-14-15-26-13-10-23;1-19(2,3)11-12-21(6,7)18-20(4,5)10-8-9-16-13-15-14-17-15;7-1-3-9-5-6-10-4-2-8/h21-24H,8-20H2,1-7H3;15H,8-14H2,1-7H3;8H,1-7H2. The Kier molecular flexibility index (Phi) is 38.4. The lowest BCUT2D eigenvalue weighted by Crippen LogP contribution is -2.45. The van der Waals surface area contributed by atoms with E-state index in [0.717, 1.165) is 38.7 Å². The third-order valence-corrected chi connectivity index (χ3v) is 28.9. The van der Waals surface area contributed by atoms with E-state index in [0.29, 0.717) is 91.8 Å². The predicted molar refractivity (Wildman–Crippen MR) is 274 cm³/mol. The summed E-state index contributed by atoms with van der Waals surface area (Å²) in [6, 6.07) is 7.68. The molecular formula is C42H102N2O12Si6. The first-order valence-electron chi connectivity index (χ1n) is 23.6. The quantitative estimate of drug-likeness (QED) is 0.0250. The van der Waals surface area contributed by atoms with Gasteiger partial charge in [-0.2, -0.15) is 0 Å². The third kappa shape index (κ3) is 50.2. The number of hydrogen-bond acceptors (Lipinski definition) is 14. The van der Waals surface area contributed by atoms with Crippen molar-refractivity contribution in [2.75, 3.05) is 119 Å². The predicted octanol–water partition coefficient (Wildman–Crippen LogP) is 6.66. The van der Waals surface area contributed by atoms with Crippen LogP contribution in [0.25, 0.3) is 0 Å². The molecule has 2 atom stereocenters. The average Bonchev–Trinajstić information content (AvgIpc) is 3.97. The Hall–Kier alpha value is 0.741. The van der Waals surface area contributed by atoms with Gasteiger partial charge in [0.2, 0.25) is 0 Å². The molecule has 20 heteroatoms. The Morgan fingerprint density at radius 3 is 1.34 bits per heavy atom. The highest BCUT2D eigenvalue weighted by Gasteiger charge is 2.35. The summed E-state index contributed by atoms with van der Waals surface area (Å²) >= 11 is 0. The highest BCUT2D eigenvalue weighted by Crippen LogP contribution is 2.28. The van der Waals surface area contributed by atoms with Gasteiger partial charge in [0, 0.05) is 49.0 Å². The van der Waals surface area contributed by atoms with Crippen LogP contribution in [-0.2, 0) is 41.4 Å². The summed E-state index contributed by atoms with van der Waals surface area (Å²) in [7, 11) is -8.23. The monoisotopic (exact) mass is 995 g/mol. The lowest BCUT2D eigenvalue weighted by atomic mass is 10.4. The molecule has 0 amide bonds. The van der Waals surface area contributed by atoms with Crippen LogP contribution in [0, 0.1) is 0 Å². The summed E-state index contributed by atoms with van der Waals surface area (Å²) in [6.07, 6.45) is 2.00. The summed E-state index contributed by atoms with van der Waals surface area (Å²) in [4.78, 5) is 0. The summed E-state index contributed by atoms with van der Waals surface area (Å²) in [5.41, 5.74) is 5.16. The van der Waals surface area contributed by atoms with Gasteiger partial charge in [-0.3, -0.25) is 0 Å². The Morgan fingerprint density at radius 1 is 0.532 bits per heavy atom. The van der Waals surface area contributed by atoms with Gasteiger partial charge < -0.3 is 67.8 Å². The summed E-state index contributed by atoms with van der Waals surface area (Å²) < 4.78 is 50.2. The van der Waals surface area contributed by atoms with Crippen molar-refractivity contribution in [1.29, 1.82) is 0 Å². The average molecular weight is 996 g/mol. The zero-order chi connectivity index (χ0) is 47.6. The molecule has 0 bridgehead atoms. The van der Waals surface area contributed by atoms with Crippen molar-refractivity contribution < 1.29 is 56.7 Å². The van der Waals surface area contributed by atoms with E-state index in [9.17, 15) is 5.11 Å². The van der Waals surface area contributed by atoms with E-state index >= 15 is 0 Å². The van der Waals surface area contributed by atoms with Crippen LogP contribution in [0.15, 0.2) is 0 Å². The van der Waals surface area contributed by atoms with Crippen LogP contribution < -0.4 is 11.1 Å². The molecule has 14 nitrogen and oxygen atoms in total. The fourth-order valence-electron chi connectivity index (χ4n) is 6.18. The second kappa shape index (κ2) is 36.7. The molecule has 0 aliphatic carbocycles. The molecule has 62 heavy (non-hydrogen) atoms. The van der Waals surface area contributed by atoms with Crippen molar-refractivity contribution >= 4 is 49.4 Å². The molecule has 0 aromatic heterocycles. The van der Waals surface area contributed by atoms with Crippen molar-refractivity contribution in [3.63, 3.8) is 0 Å². The minimum atomic E-state index is -1.67. The number of hydrogen-bond donors (Lipinski definition) is 5. The van der Waals surface area contributed by atoms with Gasteiger partial charge in [-0.1, -0.05) is 51.4 Å². The van der Waals surface area contributed by atoms with E-state index in [4.69, 9.17) is 57.3 Å². The molecule has 1 heterocycles. The van der Waals surface area contributed by atoms with Crippen LogP contribution in [0.3, 0.4) is 0 Å². The van der Waals surface area contributed by atoms with Crippen LogP contribution in [-0.4, -0.2) is 196 Å². The van der Waals surface area contributed by atoms with Gasteiger partial charge in [0.1, 0.15) is 6.10 Å². The number of nitrogens with two attached hydrogens (primary N) is 1. The fourth-order valence-corrected chi connectivity index (χ4v) is 32.6. The summed E-state index contributed by atoms with van der Waals surface area (Å²) in [5.74, 6) is 0. The molecule has 376 valence electrons. The van der Waals surface area contributed by atoms with Crippen molar-refractivity contribution in [1.82, 2.24) is 5.32 Å². The van der Waals surface area contributed by atoms with Crippen molar-refractivity contribution in [3.8, 4) is 0 Å². The zero-order valence-electron chi connectivity index (χ0n) is 42.6. The van der Waals surface area contributed by atoms with E-state index in [1.165, 1.54) is 30.2 Å². The Bertz CT molecular complexity index is 1020. The summed E-state index contributed by atoms with van der Waals surface area (Å²) in [6.45, 7) is 42.9. The summed E-state index contributed by atoms with van der Waals surface area (Å²) in [5, 5.41) is 30.0. The number of epoxide rings is 1. The highest BCUT2D eigenvalue weighted by molar-refractivity contribution is 6.87. The molecule has 0 aromatic carbocycles. The van der Waals surface area contributed by atoms with Crippen LogP contribution in [0.1, 0.15) is 12.8 Å². The fraction of sp³-hybridized carbons (Fsp3) is 1.00. The maximum absolute atomic E-state index is 10.0. The Morgan fingerprint density at radius 2 is 0.935 bits per heavy atom. The molecule has 0 spiro atoms. The van der Waals surface area contributed by atoms with Gasteiger partial charge in [0.15, 0.2) is 33.3 Å². The minimum Gasteiger partial charge on any atom is -0.456 e. The second-order valence-electron chi connectivity index (χ2n) is 21.2. The Balaban J connectivity index is 0. The van der Waals surface area contributed by atoms with E-state index in [-0.39, 0.29) is 13.2 Å². The van der Waals surface area contributed by atoms with Gasteiger partial charge in [0.05, 0.1) is 92.0 Å². The van der Waals surface area contributed by atoms with Gasteiger partial charge in [-0.05, 0) is 89.4 Å². The van der Waals surface area contributed by atoms with Crippen LogP contribution in [0.5, 0.6) is 0 Å². The topological polar surface area (TPSA) is 185 Å². The van der Waals surface area contributed by atoms with Crippen LogP contribution in [0.2, 0.25) is 128 Å². The van der Waals surface area contributed by atoms with Crippen LogP contribution >= 0.6 is 0 Å². The molecule has 1 fully saturated rings. The van der Waals surface area contributed by atoms with Crippen molar-refractivity contribution in [3.05, 3.63) is 0 Å². The molecule has 2 unspecified atom stereocenters. The van der Waals surface area contributed by atoms with E-state index < -0.39 is 55.5 Å². The Labute approximate surface area is 387 Å². The number of rotatable bonds is 39. The first-order chi connectivity index (χ1) is 28.8. The van der Waals surface area contributed by atoms with Gasteiger partial charge in [-0.15, -0.1) is 0 Å². The molecule has 1 saturated heterocycles. The maximum atomic E-state index is 10.0. The number of aliphatic hydroxyl groups excluding tert-OH is 3. The lowest BCUT2D eigenvalue weighted by molar-refractivity contribution is 0.0276. The molecule has 0 saturated carbocycles. The molecular weight excluding hydrogens is 893 g/mol. The lowest BCUT2D eigenvalue weighted by Gasteiger charge is -2.35. The van der Waals surface area contributed by atoms with E-state index in [2.05, 4.69) is 97.0 Å². The highest BCUT2D eigenvalue weighted by atomic mass is 28.4.